The monoisotopic (exact) mass is 229 g/mol. The van der Waals surface area contributed by atoms with Crippen LogP contribution in [0.1, 0.15) is 10.4 Å². The summed E-state index contributed by atoms with van der Waals surface area (Å²) in [5.74, 6) is -3.59. The van der Waals surface area contributed by atoms with Crippen LogP contribution in [0.4, 0.5) is 20.5 Å². The van der Waals surface area contributed by atoms with Gasteiger partial charge in [0.1, 0.15) is 11.4 Å². The van der Waals surface area contributed by atoms with E-state index in [0.717, 1.165) is 11.1 Å². The summed E-state index contributed by atoms with van der Waals surface area (Å²) in [5, 5.41) is 0. The molecular formula is C8H9F2N5O. The summed E-state index contributed by atoms with van der Waals surface area (Å²) in [6.45, 7) is -1.20. The lowest BCUT2D eigenvalue weighted by Gasteiger charge is -2.38. The van der Waals surface area contributed by atoms with Crippen LogP contribution in [0.3, 0.4) is 0 Å². The molecular weight excluding hydrogens is 220 g/mol. The first kappa shape index (κ1) is 10.5. The highest BCUT2D eigenvalue weighted by Crippen LogP contribution is 2.28. The van der Waals surface area contributed by atoms with E-state index in [9.17, 15) is 13.6 Å². The molecule has 0 spiro atoms. The predicted octanol–water partition coefficient (Wildman–Crippen LogP) is -0.268. The molecule has 2 rings (SSSR count). The van der Waals surface area contributed by atoms with E-state index in [1.807, 2.05) is 0 Å². The van der Waals surface area contributed by atoms with Crippen molar-refractivity contribution in [3.05, 3.63) is 11.8 Å². The first-order valence-corrected chi connectivity index (χ1v) is 4.44. The minimum absolute atomic E-state index is 0.00954. The largest absolute Gasteiger partial charge is 0.383 e. The Bertz CT molecular complexity index is 442. The Morgan fingerprint density at radius 2 is 2.06 bits per heavy atom. The maximum Gasteiger partial charge on any atom is 0.282 e. The lowest BCUT2D eigenvalue weighted by atomic mass is 10.1. The van der Waals surface area contributed by atoms with E-state index < -0.39 is 24.9 Å². The number of carbonyl (C=O) groups is 1. The van der Waals surface area contributed by atoms with E-state index in [1.54, 1.807) is 0 Å². The van der Waals surface area contributed by atoms with Crippen LogP contribution in [0.15, 0.2) is 6.20 Å². The van der Waals surface area contributed by atoms with Gasteiger partial charge in [0.25, 0.3) is 11.8 Å². The maximum absolute atomic E-state index is 12.6. The fraction of sp³-hybridized carbons (Fsp3) is 0.375. The van der Waals surface area contributed by atoms with Gasteiger partial charge in [-0.2, -0.15) is 4.98 Å². The molecule has 0 aromatic carbocycles. The molecule has 2 heterocycles. The number of nitrogen functional groups attached to an aromatic ring is 2. The van der Waals surface area contributed by atoms with Gasteiger partial charge < -0.3 is 16.4 Å². The number of rotatable bonds is 1. The second-order valence-electron chi connectivity index (χ2n) is 3.54. The predicted molar refractivity (Wildman–Crippen MR) is 51.7 cm³/mol. The maximum atomic E-state index is 12.6. The first-order valence-electron chi connectivity index (χ1n) is 4.44. The molecule has 1 amide bonds. The molecule has 1 saturated heterocycles. The van der Waals surface area contributed by atoms with E-state index >= 15 is 0 Å². The van der Waals surface area contributed by atoms with Gasteiger partial charge in [-0.15, -0.1) is 0 Å². The zero-order valence-corrected chi connectivity index (χ0v) is 8.15. The number of anilines is 2. The number of nitrogens with zero attached hydrogens (tertiary/aromatic N) is 3. The van der Waals surface area contributed by atoms with E-state index in [4.69, 9.17) is 11.5 Å². The van der Waals surface area contributed by atoms with Crippen LogP contribution >= 0.6 is 0 Å². The van der Waals surface area contributed by atoms with Gasteiger partial charge in [-0.05, 0) is 0 Å². The molecule has 16 heavy (non-hydrogen) atoms. The molecule has 1 fully saturated rings. The van der Waals surface area contributed by atoms with Crippen LogP contribution in [0, 0.1) is 0 Å². The third kappa shape index (κ3) is 1.73. The average Bonchev–Trinajstić information content (AvgIpc) is 2.13. The molecule has 0 aliphatic carbocycles. The second kappa shape index (κ2) is 3.26. The summed E-state index contributed by atoms with van der Waals surface area (Å²) >= 11 is 0. The Labute approximate surface area is 89.3 Å². The third-order valence-corrected chi connectivity index (χ3v) is 2.20. The molecule has 4 N–H and O–H groups in total. The highest BCUT2D eigenvalue weighted by molar-refractivity contribution is 5.98. The molecule has 0 unspecified atom stereocenters. The minimum atomic E-state index is -2.81. The van der Waals surface area contributed by atoms with Crippen molar-refractivity contribution < 1.29 is 13.6 Å². The van der Waals surface area contributed by atoms with Gasteiger partial charge in [0.15, 0.2) is 0 Å². The van der Waals surface area contributed by atoms with Crippen molar-refractivity contribution in [3.63, 3.8) is 0 Å². The van der Waals surface area contributed by atoms with Crippen molar-refractivity contribution in [2.45, 2.75) is 5.92 Å². The number of hydrogen-bond donors (Lipinski definition) is 2. The molecule has 1 aromatic rings. The highest BCUT2D eigenvalue weighted by Gasteiger charge is 2.46. The van der Waals surface area contributed by atoms with Crippen molar-refractivity contribution in [1.82, 2.24) is 14.9 Å². The number of hydrogen-bond acceptors (Lipinski definition) is 5. The van der Waals surface area contributed by atoms with Gasteiger partial charge in [-0.3, -0.25) is 4.79 Å². The van der Waals surface area contributed by atoms with Crippen molar-refractivity contribution in [2.75, 3.05) is 24.6 Å². The van der Waals surface area contributed by atoms with Gasteiger partial charge >= 0.3 is 0 Å². The Balaban J connectivity index is 2.16. The second-order valence-corrected chi connectivity index (χ2v) is 3.54. The molecule has 1 aromatic heterocycles. The zero-order chi connectivity index (χ0) is 11.9. The molecule has 6 nitrogen and oxygen atoms in total. The van der Waals surface area contributed by atoms with Crippen LogP contribution in [-0.4, -0.2) is 39.8 Å². The number of aromatic nitrogens is 2. The molecule has 0 atom stereocenters. The van der Waals surface area contributed by atoms with Crippen LogP contribution in [0.5, 0.6) is 0 Å². The summed E-state index contributed by atoms with van der Waals surface area (Å²) in [5.41, 5.74) is 10.7. The lowest BCUT2D eigenvalue weighted by Crippen LogP contribution is -2.58. The van der Waals surface area contributed by atoms with Crippen LogP contribution in [0.2, 0.25) is 0 Å². The number of carbonyl (C=O) groups excluding carboxylic acids is 1. The first-order chi connectivity index (χ1) is 7.39. The van der Waals surface area contributed by atoms with Gasteiger partial charge in [-0.25, -0.2) is 13.8 Å². The summed E-state index contributed by atoms with van der Waals surface area (Å²) < 4.78 is 25.1. The van der Waals surface area contributed by atoms with Crippen LogP contribution in [0.25, 0.3) is 0 Å². The average molecular weight is 229 g/mol. The smallest absolute Gasteiger partial charge is 0.282 e. The summed E-state index contributed by atoms with van der Waals surface area (Å²) in [7, 11) is 0. The van der Waals surface area contributed by atoms with Crippen molar-refractivity contribution in [3.8, 4) is 0 Å². The van der Waals surface area contributed by atoms with Crippen molar-refractivity contribution in [1.29, 1.82) is 0 Å². The van der Waals surface area contributed by atoms with Crippen LogP contribution < -0.4 is 11.5 Å². The number of likely N-dealkylation sites (tertiary alicyclic amines) is 1. The number of alkyl halides is 2. The molecule has 0 radical (unpaired) electrons. The third-order valence-electron chi connectivity index (χ3n) is 2.20. The number of amides is 1. The van der Waals surface area contributed by atoms with Gasteiger partial charge in [0, 0.05) is 6.20 Å². The molecule has 86 valence electrons. The molecule has 0 saturated carbocycles. The van der Waals surface area contributed by atoms with Crippen molar-refractivity contribution >= 4 is 17.7 Å². The lowest BCUT2D eigenvalue weighted by molar-refractivity contribution is -0.113. The van der Waals surface area contributed by atoms with Gasteiger partial charge in [-0.1, -0.05) is 0 Å². The standard InChI is InChI=1S/C8H9F2N5O/c9-8(10)2-15(3-8)6(16)4-1-13-7(12)14-5(4)11/h1H,2-3H2,(H4,11,12,13,14). The Morgan fingerprint density at radius 3 is 2.56 bits per heavy atom. The Hall–Kier alpha value is -1.99. The summed E-state index contributed by atoms with van der Waals surface area (Å²) in [6, 6.07) is 0. The minimum Gasteiger partial charge on any atom is -0.383 e. The highest BCUT2D eigenvalue weighted by atomic mass is 19.3. The van der Waals surface area contributed by atoms with Crippen molar-refractivity contribution in [2.24, 2.45) is 0 Å². The normalized spacial score (nSPS) is 18.0. The topological polar surface area (TPSA) is 98.1 Å². The van der Waals surface area contributed by atoms with E-state index in [2.05, 4.69) is 9.97 Å². The number of halogens is 2. The Morgan fingerprint density at radius 1 is 1.44 bits per heavy atom. The fourth-order valence-corrected chi connectivity index (χ4v) is 1.40. The van der Waals surface area contributed by atoms with Gasteiger partial charge in [0.2, 0.25) is 5.95 Å². The number of nitrogens with two attached hydrogens (primary N) is 2. The molecule has 8 heteroatoms. The Kier molecular flexibility index (Phi) is 2.14. The quantitative estimate of drug-likeness (QED) is 0.690. The van der Waals surface area contributed by atoms with E-state index in [-0.39, 0.29) is 17.3 Å². The fourth-order valence-electron chi connectivity index (χ4n) is 1.40. The summed E-state index contributed by atoms with van der Waals surface area (Å²) in [6.07, 6.45) is 1.14. The summed E-state index contributed by atoms with van der Waals surface area (Å²) in [4.78, 5) is 19.8. The SMILES string of the molecule is Nc1ncc(C(=O)N2CC(F)(F)C2)c(N)n1. The van der Waals surface area contributed by atoms with Crippen LogP contribution in [-0.2, 0) is 0 Å². The van der Waals surface area contributed by atoms with Gasteiger partial charge in [0.05, 0.1) is 13.1 Å². The van der Waals surface area contributed by atoms with E-state index in [0.29, 0.717) is 0 Å². The molecule has 1 aliphatic rings. The molecule has 0 bridgehead atoms. The zero-order valence-electron chi connectivity index (χ0n) is 8.15. The molecule has 1 aliphatic heterocycles. The van der Waals surface area contributed by atoms with E-state index in [1.165, 1.54) is 0 Å².